The molecule has 0 atom stereocenters. The van der Waals surface area contributed by atoms with Gasteiger partial charge in [-0.1, -0.05) is 10.4 Å². The fraction of sp³-hybridized carbons (Fsp3) is 0.222. The quantitative estimate of drug-likeness (QED) is 0.427. The molecule has 29 heavy (non-hydrogen) atoms. The number of hydrogen-bond donors (Lipinski definition) is 0. The molecule has 11 nitrogen and oxygen atoms in total. The van der Waals surface area contributed by atoms with Crippen molar-refractivity contribution >= 4 is 16.6 Å². The van der Waals surface area contributed by atoms with Gasteiger partial charge in [-0.25, -0.2) is 0 Å². The van der Waals surface area contributed by atoms with Crippen LogP contribution in [-0.2, 0) is 13.7 Å². The first-order valence-corrected chi connectivity index (χ1v) is 8.93. The van der Waals surface area contributed by atoms with Gasteiger partial charge in [0.25, 0.3) is 0 Å². The van der Waals surface area contributed by atoms with Crippen molar-refractivity contribution in [3.05, 3.63) is 42.5 Å². The Bertz CT molecular complexity index is 1310. The molecule has 5 aromatic heterocycles. The first-order valence-electron chi connectivity index (χ1n) is 8.93. The number of ether oxygens (including phenoxy) is 2. The maximum Gasteiger partial charge on any atom is 0.311 e. The van der Waals surface area contributed by atoms with Crippen LogP contribution in [-0.4, -0.2) is 46.3 Å². The Labute approximate surface area is 163 Å². The van der Waals surface area contributed by atoms with Crippen molar-refractivity contribution in [1.29, 1.82) is 0 Å². The first kappa shape index (κ1) is 17.1. The standard InChI is InChI=1S/C18H16N8O3/c1-3-27-15-7-13(23-29-15)18-22-21-17-12-5-4-6-19-16(12)14(9-26(17)18)28-10-11-8-25(2)24-20-11/h4-9H,3,10H2,1-2H3. The monoisotopic (exact) mass is 392 g/mol. The lowest BCUT2D eigenvalue weighted by atomic mass is 10.2. The van der Waals surface area contributed by atoms with Gasteiger partial charge in [0.2, 0.25) is 0 Å². The Morgan fingerprint density at radius 1 is 1.14 bits per heavy atom. The summed E-state index contributed by atoms with van der Waals surface area (Å²) in [4.78, 5) is 4.46. The average Bonchev–Trinajstić information content (AvgIpc) is 3.46. The Morgan fingerprint density at radius 2 is 2.07 bits per heavy atom. The Morgan fingerprint density at radius 3 is 2.90 bits per heavy atom. The molecule has 0 N–H and O–H groups in total. The number of nitrogens with zero attached hydrogens (tertiary/aromatic N) is 8. The second kappa shape index (κ2) is 6.86. The van der Waals surface area contributed by atoms with Crippen molar-refractivity contribution in [2.45, 2.75) is 13.5 Å². The fourth-order valence-electron chi connectivity index (χ4n) is 3.03. The van der Waals surface area contributed by atoms with E-state index in [0.29, 0.717) is 46.7 Å². The molecule has 0 fully saturated rings. The number of pyridine rings is 2. The zero-order valence-electron chi connectivity index (χ0n) is 15.7. The summed E-state index contributed by atoms with van der Waals surface area (Å²) in [7, 11) is 1.80. The minimum atomic E-state index is 0.251. The summed E-state index contributed by atoms with van der Waals surface area (Å²) in [6.07, 6.45) is 5.28. The molecule has 11 heteroatoms. The van der Waals surface area contributed by atoms with E-state index in [1.807, 2.05) is 19.1 Å². The van der Waals surface area contributed by atoms with Crippen molar-refractivity contribution in [2.24, 2.45) is 7.05 Å². The fourth-order valence-corrected chi connectivity index (χ4v) is 3.03. The molecule has 5 aromatic rings. The maximum atomic E-state index is 6.01. The first-order chi connectivity index (χ1) is 14.2. The van der Waals surface area contributed by atoms with Crippen LogP contribution in [0.5, 0.6) is 11.7 Å². The van der Waals surface area contributed by atoms with Crippen LogP contribution in [0.3, 0.4) is 0 Å². The highest BCUT2D eigenvalue weighted by atomic mass is 16.6. The smallest absolute Gasteiger partial charge is 0.311 e. The highest BCUT2D eigenvalue weighted by molar-refractivity contribution is 5.95. The SMILES string of the molecule is CCOc1cc(-c2nnc3c4cccnc4c(OCc4cn(C)nn4)cn23)no1. The molecular weight excluding hydrogens is 376 g/mol. The lowest BCUT2D eigenvalue weighted by molar-refractivity contribution is 0.226. The van der Waals surface area contributed by atoms with E-state index >= 15 is 0 Å². The second-order valence-electron chi connectivity index (χ2n) is 6.25. The summed E-state index contributed by atoms with van der Waals surface area (Å²) >= 11 is 0. The second-order valence-corrected chi connectivity index (χ2v) is 6.25. The van der Waals surface area contributed by atoms with E-state index in [1.165, 1.54) is 0 Å². The van der Waals surface area contributed by atoms with Gasteiger partial charge in [0, 0.05) is 18.6 Å². The summed E-state index contributed by atoms with van der Waals surface area (Å²) in [5.41, 5.74) is 2.52. The molecule has 0 saturated heterocycles. The molecule has 146 valence electrons. The third-order valence-electron chi connectivity index (χ3n) is 4.25. The van der Waals surface area contributed by atoms with Gasteiger partial charge in [0.05, 0.1) is 25.1 Å². The molecule has 5 rings (SSSR count). The van der Waals surface area contributed by atoms with Crippen molar-refractivity contribution in [3.8, 4) is 23.2 Å². The minimum Gasteiger partial charge on any atom is -0.483 e. The predicted molar refractivity (Wildman–Crippen MR) is 100 cm³/mol. The summed E-state index contributed by atoms with van der Waals surface area (Å²) in [6, 6.07) is 5.43. The topological polar surface area (TPSA) is 118 Å². The molecule has 0 bridgehead atoms. The van der Waals surface area contributed by atoms with E-state index in [2.05, 4.69) is 30.7 Å². The van der Waals surface area contributed by atoms with Crippen LogP contribution in [0.25, 0.3) is 28.1 Å². The number of hydrogen-bond acceptors (Lipinski definition) is 9. The van der Waals surface area contributed by atoms with E-state index in [1.54, 1.807) is 40.8 Å². The van der Waals surface area contributed by atoms with Gasteiger partial charge in [-0.15, -0.1) is 15.3 Å². The predicted octanol–water partition coefficient (Wildman–Crippen LogP) is 2.04. The number of fused-ring (bicyclic) bond motifs is 3. The van der Waals surface area contributed by atoms with Crippen LogP contribution in [0.1, 0.15) is 12.6 Å². The highest BCUT2D eigenvalue weighted by Gasteiger charge is 2.18. The Hall–Kier alpha value is -4.02. The van der Waals surface area contributed by atoms with Crippen LogP contribution in [0.15, 0.2) is 41.3 Å². The molecule has 0 aliphatic carbocycles. The van der Waals surface area contributed by atoms with Crippen LogP contribution >= 0.6 is 0 Å². The zero-order valence-corrected chi connectivity index (χ0v) is 15.7. The zero-order chi connectivity index (χ0) is 19.8. The van der Waals surface area contributed by atoms with Gasteiger partial charge < -0.3 is 14.0 Å². The lowest BCUT2D eigenvalue weighted by Gasteiger charge is -2.09. The molecule has 0 amide bonds. The molecule has 0 radical (unpaired) electrons. The van der Waals surface area contributed by atoms with Crippen molar-refractivity contribution in [3.63, 3.8) is 0 Å². The van der Waals surface area contributed by atoms with Crippen molar-refractivity contribution < 1.29 is 14.0 Å². The van der Waals surface area contributed by atoms with Gasteiger partial charge in [0.1, 0.15) is 17.8 Å². The normalized spacial score (nSPS) is 11.4. The number of aromatic nitrogens is 8. The third-order valence-corrected chi connectivity index (χ3v) is 4.25. The van der Waals surface area contributed by atoms with Gasteiger partial charge in [0.15, 0.2) is 22.9 Å². The number of aryl methyl sites for hydroxylation is 1. The number of rotatable bonds is 6. The highest BCUT2D eigenvalue weighted by Crippen LogP contribution is 2.30. The summed E-state index contributed by atoms with van der Waals surface area (Å²) in [5, 5.41) is 21.4. The lowest BCUT2D eigenvalue weighted by Crippen LogP contribution is -2.00. The van der Waals surface area contributed by atoms with Crippen LogP contribution in [0, 0.1) is 0 Å². The largest absolute Gasteiger partial charge is 0.483 e. The van der Waals surface area contributed by atoms with Crippen LogP contribution < -0.4 is 9.47 Å². The van der Waals surface area contributed by atoms with E-state index in [-0.39, 0.29) is 6.61 Å². The molecule has 0 spiro atoms. The van der Waals surface area contributed by atoms with E-state index < -0.39 is 0 Å². The van der Waals surface area contributed by atoms with Gasteiger partial charge >= 0.3 is 5.95 Å². The molecular formula is C18H16N8O3. The van der Waals surface area contributed by atoms with Gasteiger partial charge in [-0.05, 0) is 19.1 Å². The molecule has 0 aliphatic heterocycles. The summed E-state index contributed by atoms with van der Waals surface area (Å²) < 4.78 is 20.0. The van der Waals surface area contributed by atoms with Crippen molar-refractivity contribution in [1.82, 2.24) is 39.7 Å². The van der Waals surface area contributed by atoms with E-state index in [9.17, 15) is 0 Å². The van der Waals surface area contributed by atoms with Gasteiger partial charge in [-0.2, -0.15) is 0 Å². The maximum absolute atomic E-state index is 6.01. The molecule has 5 heterocycles. The minimum absolute atomic E-state index is 0.251. The Balaban J connectivity index is 1.61. The van der Waals surface area contributed by atoms with Crippen LogP contribution in [0.4, 0.5) is 0 Å². The van der Waals surface area contributed by atoms with Crippen LogP contribution in [0.2, 0.25) is 0 Å². The van der Waals surface area contributed by atoms with Crippen molar-refractivity contribution in [2.75, 3.05) is 6.61 Å². The third kappa shape index (κ3) is 3.02. The van der Waals surface area contributed by atoms with Gasteiger partial charge in [-0.3, -0.25) is 14.1 Å². The Kier molecular flexibility index (Phi) is 4.04. The molecule has 0 saturated carbocycles. The molecule has 0 aliphatic rings. The van der Waals surface area contributed by atoms with E-state index in [4.69, 9.17) is 14.0 Å². The molecule has 0 unspecified atom stereocenters. The van der Waals surface area contributed by atoms with E-state index in [0.717, 1.165) is 5.39 Å². The molecule has 0 aromatic carbocycles. The summed E-state index contributed by atoms with van der Waals surface area (Å²) in [6.45, 7) is 2.60. The average molecular weight is 392 g/mol. The summed E-state index contributed by atoms with van der Waals surface area (Å²) in [5.74, 6) is 1.39.